The fourth-order valence-electron chi connectivity index (χ4n) is 4.33. The normalized spacial score (nSPS) is 23.6. The van der Waals surface area contributed by atoms with Crippen LogP contribution in [-0.2, 0) is 11.8 Å². The number of nitrogens with zero attached hydrogens (tertiary/aromatic N) is 5. The van der Waals surface area contributed by atoms with Crippen LogP contribution in [0.3, 0.4) is 0 Å². The van der Waals surface area contributed by atoms with Crippen molar-refractivity contribution in [3.63, 3.8) is 0 Å². The molecule has 2 saturated carbocycles. The van der Waals surface area contributed by atoms with Crippen molar-refractivity contribution in [2.24, 2.45) is 18.9 Å². The van der Waals surface area contributed by atoms with E-state index in [4.69, 9.17) is 9.72 Å². The number of rotatable bonds is 6. The Hall–Kier alpha value is -3.16. The van der Waals surface area contributed by atoms with Gasteiger partial charge in [0.15, 0.2) is 0 Å². The topological polar surface area (TPSA) is 86.3 Å². The molecule has 0 radical (unpaired) electrons. The van der Waals surface area contributed by atoms with Gasteiger partial charge in [0, 0.05) is 31.4 Å². The van der Waals surface area contributed by atoms with Gasteiger partial charge in [0.2, 0.25) is 11.8 Å². The smallest absolute Gasteiger partial charge is 0.246 e. The molecule has 3 aromatic heterocycles. The lowest BCUT2D eigenvalue weighted by molar-refractivity contribution is -0.119. The van der Waals surface area contributed by atoms with Gasteiger partial charge in [0.1, 0.15) is 11.1 Å². The fourth-order valence-corrected chi connectivity index (χ4v) is 4.33. The third-order valence-corrected chi connectivity index (χ3v) is 6.17. The fraction of sp³-hybridized carbons (Fsp3) is 0.429. The van der Waals surface area contributed by atoms with Gasteiger partial charge in [0.25, 0.3) is 0 Å². The molecule has 150 valence electrons. The van der Waals surface area contributed by atoms with E-state index in [0.29, 0.717) is 17.4 Å². The van der Waals surface area contributed by atoms with E-state index in [1.54, 1.807) is 28.6 Å². The van der Waals surface area contributed by atoms with Crippen LogP contribution in [0.2, 0.25) is 0 Å². The molecule has 0 aromatic carbocycles. The maximum absolute atomic E-state index is 12.0. The standard InChI is InChI=1S/C21H24N6O2/c1-13(19(28)22-2)14-8-21(9-14,16-4-5-16)29-20-18-6-7-23-27(18)12-17(25-20)15-10-24-26(3)11-15/h6-7,10-12,14,16H,1,4-5,8-9H2,2-3H3,(H,22,28). The summed E-state index contributed by atoms with van der Waals surface area (Å²) in [6, 6.07) is 1.91. The molecule has 0 saturated heterocycles. The predicted molar refractivity (Wildman–Crippen MR) is 107 cm³/mol. The van der Waals surface area contributed by atoms with Crippen molar-refractivity contribution in [1.82, 2.24) is 29.7 Å². The Kier molecular flexibility index (Phi) is 3.97. The molecule has 8 heteroatoms. The molecular formula is C21H24N6O2. The number of hydrogen-bond donors (Lipinski definition) is 1. The Morgan fingerprint density at radius 3 is 2.76 bits per heavy atom. The van der Waals surface area contributed by atoms with E-state index in [1.807, 2.05) is 25.5 Å². The van der Waals surface area contributed by atoms with Gasteiger partial charge in [-0.3, -0.25) is 9.48 Å². The zero-order chi connectivity index (χ0) is 20.2. The maximum atomic E-state index is 12.0. The van der Waals surface area contributed by atoms with Gasteiger partial charge in [0.05, 0.1) is 24.3 Å². The highest BCUT2D eigenvalue weighted by Crippen LogP contribution is 2.56. The lowest BCUT2D eigenvalue weighted by Gasteiger charge is -2.48. The van der Waals surface area contributed by atoms with E-state index in [2.05, 4.69) is 22.1 Å². The molecule has 2 aliphatic rings. The minimum Gasteiger partial charge on any atom is -0.469 e. The highest BCUT2D eigenvalue weighted by Gasteiger charge is 2.57. The van der Waals surface area contributed by atoms with Crippen molar-refractivity contribution < 1.29 is 9.53 Å². The third-order valence-electron chi connectivity index (χ3n) is 6.17. The molecule has 1 amide bonds. The lowest BCUT2D eigenvalue weighted by Crippen LogP contribution is -2.52. The Labute approximate surface area is 168 Å². The molecular weight excluding hydrogens is 368 g/mol. The first kappa shape index (κ1) is 17.9. The summed E-state index contributed by atoms with van der Waals surface area (Å²) in [5.74, 6) is 1.15. The molecule has 0 unspecified atom stereocenters. The third kappa shape index (κ3) is 2.99. The average molecular weight is 392 g/mol. The zero-order valence-corrected chi connectivity index (χ0v) is 16.6. The molecule has 0 atom stereocenters. The largest absolute Gasteiger partial charge is 0.469 e. The summed E-state index contributed by atoms with van der Waals surface area (Å²) in [5.41, 5.74) is 2.87. The first-order chi connectivity index (χ1) is 14.0. The molecule has 0 bridgehead atoms. The van der Waals surface area contributed by atoms with Crippen molar-refractivity contribution in [2.45, 2.75) is 31.3 Å². The Morgan fingerprint density at radius 1 is 1.31 bits per heavy atom. The summed E-state index contributed by atoms with van der Waals surface area (Å²) in [6.45, 7) is 3.99. The second-order valence-corrected chi connectivity index (χ2v) is 8.15. The van der Waals surface area contributed by atoms with Gasteiger partial charge < -0.3 is 10.1 Å². The second-order valence-electron chi connectivity index (χ2n) is 8.15. The molecule has 8 nitrogen and oxygen atoms in total. The van der Waals surface area contributed by atoms with Crippen LogP contribution in [0.5, 0.6) is 5.88 Å². The summed E-state index contributed by atoms with van der Waals surface area (Å²) in [5, 5.41) is 11.3. The Balaban J connectivity index is 1.47. The van der Waals surface area contributed by atoms with Crippen molar-refractivity contribution in [3.05, 3.63) is 43.0 Å². The maximum Gasteiger partial charge on any atom is 0.246 e. The number of nitrogens with one attached hydrogen (secondary N) is 1. The Bertz CT molecular complexity index is 1100. The summed E-state index contributed by atoms with van der Waals surface area (Å²) in [7, 11) is 3.52. The first-order valence-corrected chi connectivity index (χ1v) is 9.92. The SMILES string of the molecule is C=C(C(=O)NC)C1CC(Oc2nc(-c3cnn(C)c3)cn3nccc23)(C2CC2)C1. The Morgan fingerprint density at radius 2 is 2.10 bits per heavy atom. The van der Waals surface area contributed by atoms with Crippen LogP contribution >= 0.6 is 0 Å². The van der Waals surface area contributed by atoms with Crippen molar-refractivity contribution in [3.8, 4) is 17.1 Å². The molecule has 0 spiro atoms. The number of hydrogen-bond acceptors (Lipinski definition) is 5. The van der Waals surface area contributed by atoms with Crippen LogP contribution in [0.25, 0.3) is 16.8 Å². The summed E-state index contributed by atoms with van der Waals surface area (Å²) in [6.07, 6.45) is 11.2. The molecule has 2 aliphatic carbocycles. The minimum absolute atomic E-state index is 0.0886. The molecule has 2 fully saturated rings. The quantitative estimate of drug-likeness (QED) is 0.651. The number of aromatic nitrogens is 5. The van der Waals surface area contributed by atoms with Crippen LogP contribution in [0.1, 0.15) is 25.7 Å². The van der Waals surface area contributed by atoms with Crippen molar-refractivity contribution >= 4 is 11.4 Å². The van der Waals surface area contributed by atoms with Crippen molar-refractivity contribution in [2.75, 3.05) is 7.05 Å². The monoisotopic (exact) mass is 392 g/mol. The second kappa shape index (κ2) is 6.43. The van der Waals surface area contributed by atoms with E-state index >= 15 is 0 Å². The van der Waals surface area contributed by atoms with E-state index in [-0.39, 0.29) is 17.4 Å². The van der Waals surface area contributed by atoms with Gasteiger partial charge in [-0.25, -0.2) is 9.50 Å². The number of fused-ring (bicyclic) bond motifs is 1. The number of amides is 1. The summed E-state index contributed by atoms with van der Waals surface area (Å²) >= 11 is 0. The molecule has 1 N–H and O–H groups in total. The highest BCUT2D eigenvalue weighted by atomic mass is 16.5. The van der Waals surface area contributed by atoms with Gasteiger partial charge in [-0.2, -0.15) is 10.2 Å². The first-order valence-electron chi connectivity index (χ1n) is 9.92. The van der Waals surface area contributed by atoms with E-state index in [0.717, 1.165) is 42.5 Å². The van der Waals surface area contributed by atoms with Gasteiger partial charge in [-0.1, -0.05) is 6.58 Å². The van der Waals surface area contributed by atoms with Crippen LogP contribution in [0.15, 0.2) is 43.0 Å². The minimum atomic E-state index is -0.285. The molecule has 3 heterocycles. The highest BCUT2D eigenvalue weighted by molar-refractivity contribution is 5.93. The predicted octanol–water partition coefficient (Wildman–Crippen LogP) is 2.37. The van der Waals surface area contributed by atoms with Gasteiger partial charge in [-0.05, 0) is 43.6 Å². The number of ether oxygens (including phenoxy) is 1. The summed E-state index contributed by atoms with van der Waals surface area (Å²) in [4.78, 5) is 16.8. The van der Waals surface area contributed by atoms with E-state index < -0.39 is 0 Å². The van der Waals surface area contributed by atoms with E-state index in [9.17, 15) is 4.79 Å². The van der Waals surface area contributed by atoms with Crippen LogP contribution < -0.4 is 10.1 Å². The van der Waals surface area contributed by atoms with Crippen molar-refractivity contribution in [1.29, 1.82) is 0 Å². The number of carbonyl (C=O) groups excluding carboxylic acids is 1. The molecule has 3 aromatic rings. The lowest BCUT2D eigenvalue weighted by atomic mass is 9.65. The summed E-state index contributed by atoms with van der Waals surface area (Å²) < 4.78 is 10.2. The van der Waals surface area contributed by atoms with Gasteiger partial charge >= 0.3 is 0 Å². The number of carbonyl (C=O) groups is 1. The van der Waals surface area contributed by atoms with Crippen LogP contribution in [-0.4, -0.2) is 42.9 Å². The average Bonchev–Trinajstić information content (AvgIpc) is 3.27. The van der Waals surface area contributed by atoms with E-state index in [1.165, 1.54) is 0 Å². The number of aryl methyl sites for hydroxylation is 1. The molecule has 5 rings (SSSR count). The number of likely N-dealkylation sites (N-methyl/N-ethyl adjacent to an activating group) is 1. The van der Waals surface area contributed by atoms with Crippen LogP contribution in [0, 0.1) is 11.8 Å². The molecule has 0 aliphatic heterocycles. The zero-order valence-electron chi connectivity index (χ0n) is 16.6. The van der Waals surface area contributed by atoms with Gasteiger partial charge in [-0.15, -0.1) is 0 Å². The molecule has 29 heavy (non-hydrogen) atoms. The van der Waals surface area contributed by atoms with Crippen LogP contribution in [0.4, 0.5) is 0 Å².